The molecule has 2 N–H and O–H groups in total. The van der Waals surface area contributed by atoms with Gasteiger partial charge in [-0.25, -0.2) is 4.98 Å². The number of carbonyl (C=O) groups is 2. The molecule has 0 spiro atoms. The molecule has 132 valence electrons. The lowest BCUT2D eigenvalue weighted by atomic mass is 10.1. The van der Waals surface area contributed by atoms with Gasteiger partial charge in [0.2, 0.25) is 0 Å². The number of nitrogens with one attached hydrogen (secondary N) is 2. The number of methoxy groups -OCH3 is 1. The minimum atomic E-state index is -0.308. The first-order chi connectivity index (χ1) is 12.1. The fourth-order valence-corrected chi connectivity index (χ4v) is 2.27. The summed E-state index contributed by atoms with van der Waals surface area (Å²) in [4.78, 5) is 28.5. The quantitative estimate of drug-likeness (QED) is 0.721. The molecule has 0 unspecified atom stereocenters. The van der Waals surface area contributed by atoms with Gasteiger partial charge in [-0.15, -0.1) is 0 Å². The Morgan fingerprint density at radius 3 is 2.36 bits per heavy atom. The molecule has 0 saturated heterocycles. The maximum absolute atomic E-state index is 12.3. The van der Waals surface area contributed by atoms with Gasteiger partial charge in [-0.2, -0.15) is 0 Å². The summed E-state index contributed by atoms with van der Waals surface area (Å²) in [5.74, 6) is -0.609. The van der Waals surface area contributed by atoms with Crippen molar-refractivity contribution in [1.82, 2.24) is 15.6 Å². The van der Waals surface area contributed by atoms with Gasteiger partial charge < -0.3 is 15.4 Å². The van der Waals surface area contributed by atoms with E-state index in [0.29, 0.717) is 19.7 Å². The number of pyridine rings is 1. The number of hydrogen-bond acceptors (Lipinski definition) is 4. The molecule has 6 nitrogen and oxygen atoms in total. The minimum Gasteiger partial charge on any atom is -0.385 e. The molecule has 0 aliphatic heterocycles. The summed E-state index contributed by atoms with van der Waals surface area (Å²) < 4.78 is 4.93. The lowest BCUT2D eigenvalue weighted by Crippen LogP contribution is -2.28. The van der Waals surface area contributed by atoms with E-state index in [1.807, 2.05) is 31.2 Å². The largest absolute Gasteiger partial charge is 0.385 e. The molecule has 0 aliphatic rings. The summed E-state index contributed by atoms with van der Waals surface area (Å²) in [6, 6.07) is 12.7. The van der Waals surface area contributed by atoms with Crippen molar-refractivity contribution in [2.45, 2.75) is 19.9 Å². The van der Waals surface area contributed by atoms with Crippen LogP contribution in [0.15, 0.2) is 42.5 Å². The van der Waals surface area contributed by atoms with Crippen LogP contribution in [-0.4, -0.2) is 37.1 Å². The normalized spacial score (nSPS) is 10.3. The number of rotatable bonds is 8. The molecule has 0 atom stereocenters. The Balaban J connectivity index is 1.94. The molecule has 0 bridgehead atoms. The van der Waals surface area contributed by atoms with Crippen molar-refractivity contribution >= 4 is 11.8 Å². The molecular formula is C19H23N3O3. The van der Waals surface area contributed by atoms with Crippen LogP contribution in [0.5, 0.6) is 0 Å². The van der Waals surface area contributed by atoms with E-state index in [0.717, 1.165) is 17.5 Å². The third-order valence-electron chi connectivity index (χ3n) is 3.73. The van der Waals surface area contributed by atoms with E-state index in [-0.39, 0.29) is 23.2 Å². The zero-order valence-electron chi connectivity index (χ0n) is 14.5. The zero-order chi connectivity index (χ0) is 18.1. The molecule has 0 aliphatic carbocycles. The highest BCUT2D eigenvalue weighted by Gasteiger charge is 2.12. The van der Waals surface area contributed by atoms with Gasteiger partial charge in [-0.3, -0.25) is 9.59 Å². The molecule has 25 heavy (non-hydrogen) atoms. The van der Waals surface area contributed by atoms with Gasteiger partial charge in [0.05, 0.1) is 0 Å². The highest BCUT2D eigenvalue weighted by molar-refractivity contribution is 5.96. The topological polar surface area (TPSA) is 80.3 Å². The van der Waals surface area contributed by atoms with E-state index >= 15 is 0 Å². The summed E-state index contributed by atoms with van der Waals surface area (Å²) in [7, 11) is 1.61. The number of aryl methyl sites for hydroxylation is 1. The van der Waals surface area contributed by atoms with Crippen LogP contribution in [0.3, 0.4) is 0 Å². The summed E-state index contributed by atoms with van der Waals surface area (Å²) in [5, 5.41) is 5.58. The Bertz CT molecular complexity index is 731. The van der Waals surface area contributed by atoms with Crippen LogP contribution in [0, 0.1) is 6.92 Å². The molecule has 1 aromatic heterocycles. The van der Waals surface area contributed by atoms with E-state index in [4.69, 9.17) is 4.74 Å². The van der Waals surface area contributed by atoms with Gasteiger partial charge in [-0.1, -0.05) is 30.3 Å². The molecule has 0 fully saturated rings. The maximum atomic E-state index is 12.3. The molecule has 0 saturated carbocycles. The number of ether oxygens (including phenoxy) is 1. The third-order valence-corrected chi connectivity index (χ3v) is 3.73. The van der Waals surface area contributed by atoms with Gasteiger partial charge >= 0.3 is 0 Å². The Morgan fingerprint density at radius 2 is 1.68 bits per heavy atom. The SMILES string of the molecule is COCCCNC(=O)c1cccc(C(=O)NCc2ccccc2C)n1. The van der Waals surface area contributed by atoms with Crippen molar-refractivity contribution in [3.63, 3.8) is 0 Å². The average Bonchev–Trinajstić information content (AvgIpc) is 2.64. The van der Waals surface area contributed by atoms with Crippen molar-refractivity contribution in [3.05, 3.63) is 65.0 Å². The van der Waals surface area contributed by atoms with Crippen molar-refractivity contribution in [3.8, 4) is 0 Å². The lowest BCUT2D eigenvalue weighted by molar-refractivity contribution is 0.0940. The fourth-order valence-electron chi connectivity index (χ4n) is 2.27. The van der Waals surface area contributed by atoms with Gasteiger partial charge in [0.1, 0.15) is 11.4 Å². The third kappa shape index (κ3) is 5.69. The van der Waals surface area contributed by atoms with Crippen LogP contribution in [0.1, 0.15) is 38.5 Å². The van der Waals surface area contributed by atoms with E-state index in [1.54, 1.807) is 25.3 Å². The van der Waals surface area contributed by atoms with E-state index < -0.39 is 0 Å². The van der Waals surface area contributed by atoms with E-state index in [2.05, 4.69) is 15.6 Å². The van der Waals surface area contributed by atoms with Crippen LogP contribution in [0.25, 0.3) is 0 Å². The van der Waals surface area contributed by atoms with E-state index in [9.17, 15) is 9.59 Å². The molecule has 2 aromatic rings. The summed E-state index contributed by atoms with van der Waals surface area (Å²) in [6.07, 6.45) is 0.721. The predicted molar refractivity (Wildman–Crippen MR) is 95.4 cm³/mol. The number of amides is 2. The lowest BCUT2D eigenvalue weighted by Gasteiger charge is -2.09. The molecular weight excluding hydrogens is 318 g/mol. The fraction of sp³-hybridized carbons (Fsp3) is 0.316. The monoisotopic (exact) mass is 341 g/mol. The molecule has 2 rings (SSSR count). The summed E-state index contributed by atoms with van der Waals surface area (Å²) in [6.45, 7) is 3.49. The van der Waals surface area contributed by atoms with Crippen LogP contribution in [0.2, 0.25) is 0 Å². The summed E-state index contributed by atoms with van der Waals surface area (Å²) in [5.41, 5.74) is 2.60. The molecule has 1 aromatic carbocycles. The number of benzene rings is 1. The van der Waals surface area contributed by atoms with Crippen LogP contribution < -0.4 is 10.6 Å². The highest BCUT2D eigenvalue weighted by Crippen LogP contribution is 2.07. The predicted octanol–water partition coefficient (Wildman–Crippen LogP) is 2.09. The van der Waals surface area contributed by atoms with Crippen molar-refractivity contribution < 1.29 is 14.3 Å². The Kier molecular flexibility index (Phi) is 7.10. The smallest absolute Gasteiger partial charge is 0.270 e. The van der Waals surface area contributed by atoms with Crippen LogP contribution >= 0.6 is 0 Å². The number of aromatic nitrogens is 1. The molecule has 6 heteroatoms. The first kappa shape index (κ1) is 18.6. The molecule has 2 amide bonds. The Hall–Kier alpha value is -2.73. The Morgan fingerprint density at radius 1 is 1.00 bits per heavy atom. The van der Waals surface area contributed by atoms with Gasteiger partial charge in [0.25, 0.3) is 11.8 Å². The second-order valence-corrected chi connectivity index (χ2v) is 5.62. The van der Waals surface area contributed by atoms with Gasteiger partial charge in [0, 0.05) is 26.8 Å². The standard InChI is InChI=1S/C19H23N3O3/c1-14-7-3-4-8-15(14)13-21-19(24)17-10-5-9-16(22-17)18(23)20-11-6-12-25-2/h3-5,7-10H,6,11-13H2,1-2H3,(H,20,23)(H,21,24). The number of hydrogen-bond donors (Lipinski definition) is 2. The molecule has 0 radical (unpaired) electrons. The van der Waals surface area contributed by atoms with Crippen molar-refractivity contribution in [1.29, 1.82) is 0 Å². The zero-order valence-corrected chi connectivity index (χ0v) is 14.5. The van der Waals surface area contributed by atoms with Gasteiger partial charge in [-0.05, 0) is 36.6 Å². The van der Waals surface area contributed by atoms with Crippen LogP contribution in [0.4, 0.5) is 0 Å². The van der Waals surface area contributed by atoms with Crippen molar-refractivity contribution in [2.24, 2.45) is 0 Å². The first-order valence-corrected chi connectivity index (χ1v) is 8.18. The average molecular weight is 341 g/mol. The number of nitrogens with zero attached hydrogens (tertiary/aromatic N) is 1. The maximum Gasteiger partial charge on any atom is 0.270 e. The second-order valence-electron chi connectivity index (χ2n) is 5.62. The minimum absolute atomic E-state index is 0.220. The first-order valence-electron chi connectivity index (χ1n) is 8.18. The second kappa shape index (κ2) is 9.54. The number of carbonyl (C=O) groups excluding carboxylic acids is 2. The van der Waals surface area contributed by atoms with Crippen LogP contribution in [-0.2, 0) is 11.3 Å². The molecule has 1 heterocycles. The summed E-state index contributed by atoms with van der Waals surface area (Å²) >= 11 is 0. The van der Waals surface area contributed by atoms with E-state index in [1.165, 1.54) is 0 Å². The van der Waals surface area contributed by atoms with Crippen molar-refractivity contribution in [2.75, 3.05) is 20.3 Å². The highest BCUT2D eigenvalue weighted by atomic mass is 16.5. The van der Waals surface area contributed by atoms with Gasteiger partial charge in [0.15, 0.2) is 0 Å². The Labute approximate surface area is 147 Å².